The molecule has 2 atom stereocenters. The summed E-state index contributed by atoms with van der Waals surface area (Å²) < 4.78 is 32.8. The third-order valence-corrected chi connectivity index (χ3v) is 5.94. The van der Waals surface area contributed by atoms with Crippen LogP contribution in [0.1, 0.15) is 41.0 Å². The average molecular weight is 298 g/mol. The number of fused-ring (bicyclic) bond motifs is 1. The highest BCUT2D eigenvalue weighted by Gasteiger charge is 2.46. The maximum Gasteiger partial charge on any atom is 0.259 e. The Morgan fingerprint density at radius 1 is 1.35 bits per heavy atom. The van der Waals surface area contributed by atoms with E-state index >= 15 is 0 Å². The van der Waals surface area contributed by atoms with Crippen molar-refractivity contribution in [3.8, 4) is 0 Å². The van der Waals surface area contributed by atoms with Gasteiger partial charge in [0.1, 0.15) is 11.4 Å². The molecule has 2 aliphatic rings. The van der Waals surface area contributed by atoms with Crippen LogP contribution in [0.5, 0.6) is 0 Å². The smallest absolute Gasteiger partial charge is 0.259 e. The fourth-order valence-electron chi connectivity index (χ4n) is 3.28. The van der Waals surface area contributed by atoms with Gasteiger partial charge in [0, 0.05) is 11.8 Å². The lowest BCUT2D eigenvalue weighted by Gasteiger charge is -2.29. The van der Waals surface area contributed by atoms with E-state index in [-0.39, 0.29) is 17.4 Å². The minimum atomic E-state index is -3.64. The summed E-state index contributed by atoms with van der Waals surface area (Å²) in [5.74, 6) is 0.868. The molecule has 1 aliphatic carbocycles. The number of rotatable bonds is 3. The van der Waals surface area contributed by atoms with Gasteiger partial charge in [0.25, 0.3) is 10.0 Å². The number of nitrogens with one attached hydrogen (secondary N) is 2. The summed E-state index contributed by atoms with van der Waals surface area (Å²) in [5, 5.41) is 6.99. The molecule has 1 heterocycles. The van der Waals surface area contributed by atoms with Crippen molar-refractivity contribution < 1.29 is 13.2 Å². The van der Waals surface area contributed by atoms with E-state index in [1.807, 2.05) is 34.6 Å². The molecule has 0 amide bonds. The monoisotopic (exact) mass is 298 g/mol. The van der Waals surface area contributed by atoms with Gasteiger partial charge in [0.2, 0.25) is 0 Å². The largest absolute Gasteiger partial charge is 0.492 e. The lowest BCUT2D eigenvalue weighted by molar-refractivity contribution is 0.0751. The predicted octanol–water partition coefficient (Wildman–Crippen LogP) is 2.53. The van der Waals surface area contributed by atoms with E-state index < -0.39 is 10.0 Å². The number of sulfonamides is 1. The van der Waals surface area contributed by atoms with Gasteiger partial charge < -0.3 is 4.74 Å². The van der Waals surface area contributed by atoms with Gasteiger partial charge in [-0.25, -0.2) is 8.42 Å². The van der Waals surface area contributed by atoms with Crippen LogP contribution in [-0.4, -0.2) is 20.4 Å². The Bertz CT molecular complexity index is 614. The molecular weight excluding hydrogens is 276 g/mol. The minimum absolute atomic E-state index is 0.0889. The van der Waals surface area contributed by atoms with Gasteiger partial charge in [-0.15, -0.1) is 0 Å². The van der Waals surface area contributed by atoms with Gasteiger partial charge in [0.15, 0.2) is 0 Å². The molecule has 1 aliphatic heterocycles. The topological polar surface area (TPSA) is 79.2 Å². The van der Waals surface area contributed by atoms with E-state index in [1.165, 1.54) is 0 Å². The van der Waals surface area contributed by atoms with Gasteiger partial charge in [-0.1, -0.05) is 6.92 Å². The molecule has 0 saturated carbocycles. The van der Waals surface area contributed by atoms with Crippen LogP contribution in [0.2, 0.25) is 0 Å². The molecule has 6 heteroatoms. The van der Waals surface area contributed by atoms with Crippen LogP contribution < -0.4 is 4.72 Å². The van der Waals surface area contributed by atoms with Gasteiger partial charge in [-0.2, -0.15) is 0 Å². The molecule has 5 nitrogen and oxygen atoms in total. The van der Waals surface area contributed by atoms with Crippen molar-refractivity contribution in [2.24, 2.45) is 11.8 Å². The van der Waals surface area contributed by atoms with Crippen LogP contribution in [0, 0.1) is 17.2 Å². The summed E-state index contributed by atoms with van der Waals surface area (Å²) >= 11 is 0. The third-order valence-electron chi connectivity index (χ3n) is 4.26. The fraction of sp³-hybridized carbons (Fsp3) is 0.643. The van der Waals surface area contributed by atoms with Crippen LogP contribution >= 0.6 is 0 Å². The normalized spacial score (nSPS) is 29.1. The standard InChI is InChI=1S/C14H22N2O3S/c1-8-9(2)13(20(17,18)16-7-15)10(3)11-6-14(4,5)19-12(8)11/h7,10-11H,6H2,1-5H3,(H2,15,16). The summed E-state index contributed by atoms with van der Waals surface area (Å²) in [6.45, 7) is 9.69. The Hall–Kier alpha value is -1.30. The maximum atomic E-state index is 12.3. The summed E-state index contributed by atoms with van der Waals surface area (Å²) in [7, 11) is -3.64. The molecule has 0 spiro atoms. The highest BCUT2D eigenvalue weighted by Crippen LogP contribution is 2.50. The fourth-order valence-corrected chi connectivity index (χ4v) is 4.77. The number of hydrogen-bond acceptors (Lipinski definition) is 4. The van der Waals surface area contributed by atoms with Crippen LogP contribution in [-0.2, 0) is 14.8 Å². The van der Waals surface area contributed by atoms with Crippen molar-refractivity contribution >= 4 is 16.4 Å². The van der Waals surface area contributed by atoms with E-state index in [2.05, 4.69) is 4.72 Å². The molecule has 0 bridgehead atoms. The molecule has 0 aromatic heterocycles. The van der Waals surface area contributed by atoms with Crippen molar-refractivity contribution in [2.75, 3.05) is 0 Å². The first-order valence-corrected chi connectivity index (χ1v) is 8.21. The molecule has 0 aromatic rings. The first kappa shape index (κ1) is 15.1. The molecule has 0 aromatic carbocycles. The van der Waals surface area contributed by atoms with Crippen LogP contribution in [0.15, 0.2) is 21.8 Å². The van der Waals surface area contributed by atoms with Gasteiger partial charge in [-0.05, 0) is 45.3 Å². The molecular formula is C14H22N2O3S. The minimum Gasteiger partial charge on any atom is -0.492 e. The Kier molecular flexibility index (Phi) is 3.48. The summed E-state index contributed by atoms with van der Waals surface area (Å²) in [6.07, 6.45) is 1.52. The van der Waals surface area contributed by atoms with Crippen LogP contribution in [0.4, 0.5) is 0 Å². The van der Waals surface area contributed by atoms with E-state index in [1.54, 1.807) is 0 Å². The molecule has 2 rings (SSSR count). The molecule has 0 radical (unpaired) electrons. The maximum absolute atomic E-state index is 12.3. The summed E-state index contributed by atoms with van der Waals surface area (Å²) in [4.78, 5) is 0.383. The first-order valence-electron chi connectivity index (χ1n) is 6.73. The first-order chi connectivity index (χ1) is 9.10. The SMILES string of the molecule is CC1=C2OC(C)(C)CC2C(C)C(S(=O)(=O)NC=N)=C1C. The van der Waals surface area contributed by atoms with Crippen molar-refractivity contribution in [1.82, 2.24) is 4.72 Å². The average Bonchev–Trinajstić information content (AvgIpc) is 2.62. The van der Waals surface area contributed by atoms with Crippen molar-refractivity contribution in [3.63, 3.8) is 0 Å². The zero-order chi connectivity index (χ0) is 15.3. The highest BCUT2D eigenvalue weighted by atomic mass is 32.2. The summed E-state index contributed by atoms with van der Waals surface area (Å²) in [5.41, 5.74) is 1.38. The van der Waals surface area contributed by atoms with Crippen LogP contribution in [0.3, 0.4) is 0 Å². The van der Waals surface area contributed by atoms with E-state index in [4.69, 9.17) is 10.1 Å². The van der Waals surface area contributed by atoms with E-state index in [0.29, 0.717) is 11.2 Å². The van der Waals surface area contributed by atoms with Gasteiger partial charge in [-0.3, -0.25) is 10.1 Å². The highest BCUT2D eigenvalue weighted by molar-refractivity contribution is 7.93. The van der Waals surface area contributed by atoms with Gasteiger partial charge in [0.05, 0.1) is 11.2 Å². The summed E-state index contributed by atoms with van der Waals surface area (Å²) in [6, 6.07) is 0. The molecule has 1 fully saturated rings. The Labute approximate surface area is 120 Å². The zero-order valence-electron chi connectivity index (χ0n) is 12.6. The predicted molar refractivity (Wildman–Crippen MR) is 78.7 cm³/mol. The number of allylic oxidation sites excluding steroid dienone is 4. The Morgan fingerprint density at radius 2 is 1.95 bits per heavy atom. The zero-order valence-corrected chi connectivity index (χ0v) is 13.4. The molecule has 1 saturated heterocycles. The quantitative estimate of drug-likeness (QED) is 0.620. The molecule has 2 N–H and O–H groups in total. The van der Waals surface area contributed by atoms with Crippen molar-refractivity contribution in [1.29, 1.82) is 5.41 Å². The molecule has 112 valence electrons. The van der Waals surface area contributed by atoms with E-state index in [0.717, 1.165) is 23.3 Å². The second kappa shape index (κ2) is 4.62. The lowest BCUT2D eigenvalue weighted by atomic mass is 9.79. The van der Waals surface area contributed by atoms with E-state index in [9.17, 15) is 8.42 Å². The molecule has 20 heavy (non-hydrogen) atoms. The van der Waals surface area contributed by atoms with Crippen molar-refractivity contribution in [3.05, 3.63) is 21.8 Å². The lowest BCUT2D eigenvalue weighted by Crippen LogP contribution is -2.32. The second-order valence-electron chi connectivity index (χ2n) is 6.21. The Morgan fingerprint density at radius 3 is 2.50 bits per heavy atom. The Balaban J connectivity index is 2.56. The van der Waals surface area contributed by atoms with Crippen molar-refractivity contribution in [2.45, 2.75) is 46.6 Å². The molecule has 2 unspecified atom stereocenters. The third kappa shape index (κ3) is 2.26. The van der Waals surface area contributed by atoms with Gasteiger partial charge >= 0.3 is 0 Å². The second-order valence-corrected chi connectivity index (χ2v) is 7.89. The van der Waals surface area contributed by atoms with Crippen LogP contribution in [0.25, 0.3) is 0 Å². The number of hydrogen-bond donors (Lipinski definition) is 2. The number of ether oxygens (including phenoxy) is 1.